The number of aliphatic imine (C=N–C) groups is 1. The molecule has 1 N–H and O–H groups in total. The van der Waals surface area contributed by atoms with Crippen molar-refractivity contribution >= 4 is 17.6 Å². The molecule has 156 valence electrons. The Balaban J connectivity index is 2.24. The number of halogens is 3. The first kappa shape index (κ1) is 22.5. The average molecular weight is 406 g/mol. The van der Waals surface area contributed by atoms with Crippen LogP contribution in [-0.4, -0.2) is 18.1 Å². The molecule has 29 heavy (non-hydrogen) atoms. The number of ether oxygens (including phenoxy) is 1. The summed E-state index contributed by atoms with van der Waals surface area (Å²) in [6.07, 6.45) is -6.11. The van der Waals surface area contributed by atoms with E-state index in [-0.39, 0.29) is 16.9 Å². The van der Waals surface area contributed by atoms with Gasteiger partial charge in [0.05, 0.1) is 5.69 Å². The molecule has 0 aromatic heterocycles. The lowest BCUT2D eigenvalue weighted by Gasteiger charge is -2.19. The zero-order chi connectivity index (χ0) is 22.0. The van der Waals surface area contributed by atoms with Crippen LogP contribution in [0.4, 0.5) is 23.7 Å². The summed E-state index contributed by atoms with van der Waals surface area (Å²) < 4.78 is 45.3. The molecule has 0 aliphatic rings. The Morgan fingerprint density at radius 3 is 1.93 bits per heavy atom. The molecular weight excluding hydrogens is 381 g/mol. The van der Waals surface area contributed by atoms with Crippen molar-refractivity contribution in [3.8, 4) is 5.75 Å². The summed E-state index contributed by atoms with van der Waals surface area (Å²) >= 11 is 0. The van der Waals surface area contributed by atoms with Crippen molar-refractivity contribution in [2.24, 2.45) is 4.99 Å². The summed E-state index contributed by atoms with van der Waals surface area (Å²) in [4.78, 5) is 15.7. The molecule has 0 saturated carbocycles. The maximum Gasteiger partial charge on any atom is 0.449 e. The van der Waals surface area contributed by atoms with Crippen LogP contribution in [0, 0.1) is 20.8 Å². The van der Waals surface area contributed by atoms with E-state index in [2.05, 4.69) is 4.99 Å². The summed E-state index contributed by atoms with van der Waals surface area (Å²) in [5.74, 6) is -1.29. The fourth-order valence-electron chi connectivity index (χ4n) is 2.87. The lowest BCUT2D eigenvalue weighted by atomic mass is 9.87. The lowest BCUT2D eigenvalue weighted by Crippen LogP contribution is -2.42. The third-order valence-corrected chi connectivity index (χ3v) is 4.28. The topological polar surface area (TPSA) is 50.7 Å². The third kappa shape index (κ3) is 6.07. The second kappa shape index (κ2) is 8.27. The summed E-state index contributed by atoms with van der Waals surface area (Å²) in [7, 11) is 0. The number of amides is 1. The smallest absolute Gasteiger partial charge is 0.410 e. The van der Waals surface area contributed by atoms with E-state index in [1.807, 2.05) is 27.7 Å². The highest BCUT2D eigenvalue weighted by Gasteiger charge is 2.38. The van der Waals surface area contributed by atoms with Gasteiger partial charge in [-0.1, -0.05) is 50.6 Å². The molecule has 0 aliphatic heterocycles. The number of amidine groups is 1. The van der Waals surface area contributed by atoms with Crippen LogP contribution in [0.2, 0.25) is 0 Å². The minimum atomic E-state index is -4.85. The molecular formula is C22H25F3N2O2. The zero-order valence-electron chi connectivity index (χ0n) is 17.4. The van der Waals surface area contributed by atoms with Crippen LogP contribution in [0.15, 0.2) is 41.4 Å². The fraction of sp³-hybridized carbons (Fsp3) is 0.364. The van der Waals surface area contributed by atoms with E-state index in [0.29, 0.717) is 11.1 Å². The quantitative estimate of drug-likeness (QED) is 0.471. The van der Waals surface area contributed by atoms with Gasteiger partial charge in [0.1, 0.15) is 5.75 Å². The Labute approximate surface area is 168 Å². The Kier molecular flexibility index (Phi) is 6.40. The van der Waals surface area contributed by atoms with Crippen molar-refractivity contribution in [2.75, 3.05) is 0 Å². The van der Waals surface area contributed by atoms with Crippen molar-refractivity contribution in [3.63, 3.8) is 0 Å². The molecule has 0 heterocycles. The van der Waals surface area contributed by atoms with Crippen molar-refractivity contribution in [1.29, 1.82) is 0 Å². The van der Waals surface area contributed by atoms with E-state index in [1.54, 1.807) is 55.6 Å². The van der Waals surface area contributed by atoms with Gasteiger partial charge < -0.3 is 4.74 Å². The number of carbonyl (C=O) groups excluding carboxylic acids is 1. The molecule has 7 heteroatoms. The predicted molar refractivity (Wildman–Crippen MR) is 108 cm³/mol. The highest BCUT2D eigenvalue weighted by atomic mass is 19.4. The first-order valence-corrected chi connectivity index (χ1v) is 9.10. The molecule has 0 bridgehead atoms. The van der Waals surface area contributed by atoms with E-state index in [4.69, 9.17) is 4.74 Å². The normalized spacial score (nSPS) is 12.7. The van der Waals surface area contributed by atoms with Gasteiger partial charge in [0.15, 0.2) is 0 Å². The minimum Gasteiger partial charge on any atom is -0.410 e. The van der Waals surface area contributed by atoms with E-state index in [9.17, 15) is 18.0 Å². The Hall–Kier alpha value is -2.83. The van der Waals surface area contributed by atoms with Gasteiger partial charge in [-0.15, -0.1) is 0 Å². The number of hydrogen-bond acceptors (Lipinski definition) is 3. The second-order valence-corrected chi connectivity index (χ2v) is 7.99. The average Bonchev–Trinajstić information content (AvgIpc) is 2.55. The number of benzene rings is 2. The Morgan fingerprint density at radius 2 is 1.48 bits per heavy atom. The molecule has 0 spiro atoms. The maximum absolute atomic E-state index is 13.4. The van der Waals surface area contributed by atoms with Crippen molar-refractivity contribution in [1.82, 2.24) is 5.32 Å². The summed E-state index contributed by atoms with van der Waals surface area (Å²) in [6.45, 7) is 11.3. The van der Waals surface area contributed by atoms with Crippen molar-refractivity contribution in [2.45, 2.75) is 53.1 Å². The molecule has 0 atom stereocenters. The number of carbonyl (C=O) groups is 1. The van der Waals surface area contributed by atoms with Crippen LogP contribution in [0.5, 0.6) is 5.75 Å². The van der Waals surface area contributed by atoms with Crippen LogP contribution in [0.1, 0.15) is 43.0 Å². The van der Waals surface area contributed by atoms with Gasteiger partial charge in [-0.25, -0.2) is 9.79 Å². The number of rotatable bonds is 2. The van der Waals surface area contributed by atoms with E-state index < -0.39 is 18.1 Å². The van der Waals surface area contributed by atoms with Crippen LogP contribution >= 0.6 is 0 Å². The van der Waals surface area contributed by atoms with Crippen LogP contribution in [-0.2, 0) is 5.41 Å². The number of hydrogen-bond donors (Lipinski definition) is 1. The predicted octanol–water partition coefficient (Wildman–Crippen LogP) is 6.29. The second-order valence-electron chi connectivity index (χ2n) is 7.99. The third-order valence-electron chi connectivity index (χ3n) is 4.28. The molecule has 0 radical (unpaired) electrons. The van der Waals surface area contributed by atoms with Gasteiger partial charge >= 0.3 is 12.3 Å². The number of nitrogens with zero attached hydrogens (tertiary/aromatic N) is 1. The standard InChI is InChI=1S/C22H25F3N2O2/c1-13-11-14(2)18(15(3)12-13)26-19(22(23,24)25)27-20(28)29-17-9-7-16(8-10-17)21(4,5)6/h7-12H,1-6H3,(H,26,27,28). The number of alkyl halides is 3. The molecule has 0 unspecified atom stereocenters. The summed E-state index contributed by atoms with van der Waals surface area (Å²) in [6, 6.07) is 10.1. The van der Waals surface area contributed by atoms with Crippen LogP contribution in [0.3, 0.4) is 0 Å². The Bertz CT molecular complexity index is 902. The number of nitrogens with one attached hydrogen (secondary N) is 1. The highest BCUT2D eigenvalue weighted by molar-refractivity contribution is 6.00. The van der Waals surface area contributed by atoms with Gasteiger partial charge in [0.25, 0.3) is 0 Å². The van der Waals surface area contributed by atoms with E-state index >= 15 is 0 Å². The molecule has 1 amide bonds. The largest absolute Gasteiger partial charge is 0.449 e. The molecule has 0 fully saturated rings. The van der Waals surface area contributed by atoms with Gasteiger partial charge in [-0.2, -0.15) is 13.2 Å². The molecule has 2 aromatic carbocycles. The monoisotopic (exact) mass is 406 g/mol. The summed E-state index contributed by atoms with van der Waals surface area (Å²) in [5.41, 5.74) is 3.15. The van der Waals surface area contributed by atoms with Gasteiger partial charge in [0.2, 0.25) is 5.84 Å². The van der Waals surface area contributed by atoms with Gasteiger partial charge in [-0.05, 0) is 55.0 Å². The highest BCUT2D eigenvalue weighted by Crippen LogP contribution is 2.28. The molecule has 0 aliphatic carbocycles. The van der Waals surface area contributed by atoms with E-state index in [1.165, 1.54) is 0 Å². The lowest BCUT2D eigenvalue weighted by molar-refractivity contribution is -0.0614. The van der Waals surface area contributed by atoms with Gasteiger partial charge in [-0.3, -0.25) is 5.32 Å². The first-order valence-electron chi connectivity index (χ1n) is 9.10. The summed E-state index contributed by atoms with van der Waals surface area (Å²) in [5, 5.41) is 1.73. The molecule has 4 nitrogen and oxygen atoms in total. The molecule has 2 rings (SSSR count). The molecule has 0 saturated heterocycles. The molecule has 2 aromatic rings. The Morgan fingerprint density at radius 1 is 0.966 bits per heavy atom. The first-order chi connectivity index (χ1) is 13.3. The number of aryl methyl sites for hydroxylation is 3. The fourth-order valence-corrected chi connectivity index (χ4v) is 2.87. The maximum atomic E-state index is 13.4. The zero-order valence-corrected chi connectivity index (χ0v) is 17.4. The van der Waals surface area contributed by atoms with E-state index in [0.717, 1.165) is 11.1 Å². The minimum absolute atomic E-state index is 0.0966. The van der Waals surface area contributed by atoms with Gasteiger partial charge in [0, 0.05) is 0 Å². The van der Waals surface area contributed by atoms with Crippen molar-refractivity contribution in [3.05, 3.63) is 58.7 Å². The SMILES string of the molecule is Cc1cc(C)c(N=C(NC(=O)Oc2ccc(C(C)(C)C)cc2)C(F)(F)F)c(C)c1. The van der Waals surface area contributed by atoms with Crippen LogP contribution in [0.25, 0.3) is 0 Å². The van der Waals surface area contributed by atoms with Crippen molar-refractivity contribution < 1.29 is 22.7 Å². The van der Waals surface area contributed by atoms with Crippen LogP contribution < -0.4 is 10.1 Å².